The van der Waals surface area contributed by atoms with Crippen molar-refractivity contribution in [2.24, 2.45) is 0 Å². The van der Waals surface area contributed by atoms with Crippen LogP contribution in [0.25, 0.3) is 0 Å². The molecular weight excluding hydrogens is 352 g/mol. The summed E-state index contributed by atoms with van der Waals surface area (Å²) in [5.74, 6) is 0.0866. The third-order valence-corrected chi connectivity index (χ3v) is 5.40. The number of amides is 2. The molecule has 1 aliphatic carbocycles. The van der Waals surface area contributed by atoms with Gasteiger partial charge in [-0.15, -0.1) is 0 Å². The van der Waals surface area contributed by atoms with Crippen LogP contribution in [0.5, 0.6) is 0 Å². The molecule has 0 unspecified atom stereocenters. The molecule has 2 rings (SSSR count). The Balaban J connectivity index is 1.84. The quantitative estimate of drug-likeness (QED) is 0.538. The van der Waals surface area contributed by atoms with E-state index in [1.54, 1.807) is 0 Å². The number of benzene rings is 1. The Bertz CT molecular complexity index is 624. The minimum atomic E-state index is -0.501. The van der Waals surface area contributed by atoms with E-state index in [1.807, 2.05) is 37.3 Å². The van der Waals surface area contributed by atoms with Gasteiger partial charge in [0.25, 0.3) is 0 Å². The van der Waals surface area contributed by atoms with E-state index in [9.17, 15) is 14.4 Å². The molecule has 1 aromatic rings. The lowest BCUT2D eigenvalue weighted by Gasteiger charge is -2.21. The number of unbranched alkanes of at least 4 members (excludes halogenated alkanes) is 2. The minimum absolute atomic E-state index is 0.0713. The van der Waals surface area contributed by atoms with E-state index in [1.165, 1.54) is 0 Å². The summed E-state index contributed by atoms with van der Waals surface area (Å²) in [4.78, 5) is 36.6. The van der Waals surface area contributed by atoms with Crippen LogP contribution < -0.4 is 10.6 Å². The minimum Gasteiger partial charge on any atom is -0.352 e. The Morgan fingerprint density at radius 3 is 2.43 bits per heavy atom. The van der Waals surface area contributed by atoms with Crippen molar-refractivity contribution in [3.63, 3.8) is 0 Å². The number of ketones is 1. The first-order valence-electron chi connectivity index (χ1n) is 10.7. The van der Waals surface area contributed by atoms with Gasteiger partial charge in [-0.3, -0.25) is 14.4 Å². The summed E-state index contributed by atoms with van der Waals surface area (Å²) in [6.45, 7) is 1.88. The van der Waals surface area contributed by atoms with Crippen molar-refractivity contribution < 1.29 is 14.4 Å². The van der Waals surface area contributed by atoms with Gasteiger partial charge in [-0.1, -0.05) is 62.9 Å². The number of Topliss-reactive ketones (excluding diaryl/α,β-unsaturated/α-hetero) is 1. The molecule has 0 saturated heterocycles. The van der Waals surface area contributed by atoms with Crippen molar-refractivity contribution in [3.8, 4) is 0 Å². The molecule has 0 bridgehead atoms. The van der Waals surface area contributed by atoms with E-state index >= 15 is 0 Å². The fourth-order valence-electron chi connectivity index (χ4n) is 3.69. The predicted octanol–water partition coefficient (Wildman–Crippen LogP) is 3.70. The van der Waals surface area contributed by atoms with Crippen molar-refractivity contribution in [2.75, 3.05) is 0 Å². The van der Waals surface area contributed by atoms with Gasteiger partial charge in [0.2, 0.25) is 11.8 Å². The van der Waals surface area contributed by atoms with Crippen LogP contribution in [-0.2, 0) is 20.8 Å². The zero-order valence-corrected chi connectivity index (χ0v) is 17.0. The van der Waals surface area contributed by atoms with Crippen LogP contribution in [0.3, 0.4) is 0 Å². The Hall–Kier alpha value is -2.17. The summed E-state index contributed by atoms with van der Waals surface area (Å²) >= 11 is 0. The first-order valence-corrected chi connectivity index (χ1v) is 10.7. The molecule has 5 nitrogen and oxygen atoms in total. The highest BCUT2D eigenvalue weighted by Crippen LogP contribution is 2.18. The van der Waals surface area contributed by atoms with E-state index < -0.39 is 6.04 Å². The zero-order chi connectivity index (χ0) is 20.2. The van der Waals surface area contributed by atoms with Crippen LogP contribution in [0, 0.1) is 0 Å². The van der Waals surface area contributed by atoms with Gasteiger partial charge in [-0.25, -0.2) is 0 Å². The predicted molar refractivity (Wildman–Crippen MR) is 111 cm³/mol. The van der Waals surface area contributed by atoms with Crippen LogP contribution in [0.2, 0.25) is 0 Å². The van der Waals surface area contributed by atoms with Gasteiger partial charge in [-0.2, -0.15) is 0 Å². The molecule has 0 aromatic heterocycles. The van der Waals surface area contributed by atoms with Crippen LogP contribution in [0.1, 0.15) is 76.7 Å². The topological polar surface area (TPSA) is 75.3 Å². The average Bonchev–Trinajstić information content (AvgIpc) is 3.20. The summed E-state index contributed by atoms with van der Waals surface area (Å²) in [5.41, 5.74) is 0.938. The first kappa shape index (κ1) is 22.1. The van der Waals surface area contributed by atoms with Gasteiger partial charge >= 0.3 is 0 Å². The molecule has 0 aliphatic heterocycles. The van der Waals surface area contributed by atoms with E-state index in [2.05, 4.69) is 10.6 Å². The number of carbonyl (C=O) groups is 3. The summed E-state index contributed by atoms with van der Waals surface area (Å²) in [6, 6.07) is 9.30. The third kappa shape index (κ3) is 8.24. The van der Waals surface area contributed by atoms with Gasteiger partial charge in [-0.05, 0) is 31.2 Å². The maximum absolute atomic E-state index is 12.7. The highest BCUT2D eigenvalue weighted by Gasteiger charge is 2.24. The number of carbonyl (C=O) groups excluding carboxylic acids is 3. The zero-order valence-electron chi connectivity index (χ0n) is 17.0. The molecule has 0 heterocycles. The Morgan fingerprint density at radius 1 is 1.04 bits per heavy atom. The van der Waals surface area contributed by atoms with E-state index in [0.717, 1.165) is 50.5 Å². The lowest BCUT2D eigenvalue weighted by molar-refractivity contribution is -0.129. The molecule has 1 aliphatic rings. The monoisotopic (exact) mass is 386 g/mol. The van der Waals surface area contributed by atoms with Crippen molar-refractivity contribution in [1.82, 2.24) is 10.6 Å². The largest absolute Gasteiger partial charge is 0.352 e. The van der Waals surface area contributed by atoms with E-state index in [4.69, 9.17) is 0 Å². The van der Waals surface area contributed by atoms with Crippen molar-refractivity contribution in [2.45, 2.75) is 89.6 Å². The summed E-state index contributed by atoms with van der Waals surface area (Å²) in [6.07, 6.45) is 9.00. The van der Waals surface area contributed by atoms with Crippen LogP contribution in [0.15, 0.2) is 30.3 Å². The van der Waals surface area contributed by atoms with Crippen molar-refractivity contribution >= 4 is 17.6 Å². The standard InChI is InChI=1S/C23H34N2O3/c1-2-20(26)15-7-4-8-16-21(23(28)24-19-13-9-10-14-19)25-22(27)17-18-11-5-3-6-12-18/h3,5-6,11-12,19,21H,2,4,7-10,13-17H2,1H3,(H,24,28)(H,25,27)/t21-/m0/s1. The third-order valence-electron chi connectivity index (χ3n) is 5.40. The molecular formula is C23H34N2O3. The highest BCUT2D eigenvalue weighted by atomic mass is 16.2. The van der Waals surface area contributed by atoms with Gasteiger partial charge in [0.15, 0.2) is 0 Å². The number of hydrogen-bond acceptors (Lipinski definition) is 3. The van der Waals surface area contributed by atoms with Crippen LogP contribution in [0.4, 0.5) is 0 Å². The van der Waals surface area contributed by atoms with E-state index in [-0.39, 0.29) is 30.1 Å². The van der Waals surface area contributed by atoms with Gasteiger partial charge in [0.1, 0.15) is 11.8 Å². The molecule has 0 radical (unpaired) electrons. The molecule has 2 N–H and O–H groups in total. The molecule has 1 fully saturated rings. The number of rotatable bonds is 12. The second-order valence-corrected chi connectivity index (χ2v) is 7.76. The Labute approximate surface area is 168 Å². The fraction of sp³-hybridized carbons (Fsp3) is 0.609. The van der Waals surface area contributed by atoms with Crippen LogP contribution >= 0.6 is 0 Å². The smallest absolute Gasteiger partial charge is 0.242 e. The molecule has 28 heavy (non-hydrogen) atoms. The Kier molecular flexibility index (Phi) is 9.73. The summed E-state index contributed by atoms with van der Waals surface area (Å²) < 4.78 is 0. The second kappa shape index (κ2) is 12.3. The fourth-order valence-corrected chi connectivity index (χ4v) is 3.69. The highest BCUT2D eigenvalue weighted by molar-refractivity contribution is 5.88. The molecule has 2 amide bonds. The van der Waals surface area contributed by atoms with Crippen molar-refractivity contribution in [3.05, 3.63) is 35.9 Å². The SMILES string of the molecule is CCC(=O)CCCCC[C@H](NC(=O)Cc1ccccc1)C(=O)NC1CCCC1. The molecule has 1 saturated carbocycles. The molecule has 0 spiro atoms. The maximum atomic E-state index is 12.7. The van der Waals surface area contributed by atoms with Gasteiger partial charge in [0.05, 0.1) is 6.42 Å². The lowest BCUT2D eigenvalue weighted by Crippen LogP contribution is -2.49. The number of nitrogens with one attached hydrogen (secondary N) is 2. The number of hydrogen-bond donors (Lipinski definition) is 2. The van der Waals surface area contributed by atoms with Gasteiger partial charge in [0, 0.05) is 18.9 Å². The normalized spacial score (nSPS) is 15.2. The molecule has 1 aromatic carbocycles. The second-order valence-electron chi connectivity index (χ2n) is 7.76. The van der Waals surface area contributed by atoms with E-state index in [0.29, 0.717) is 19.3 Å². The average molecular weight is 387 g/mol. The molecule has 154 valence electrons. The molecule has 5 heteroatoms. The summed E-state index contributed by atoms with van der Waals surface area (Å²) in [5, 5.41) is 6.04. The maximum Gasteiger partial charge on any atom is 0.242 e. The first-order chi connectivity index (χ1) is 13.6. The van der Waals surface area contributed by atoms with Crippen molar-refractivity contribution in [1.29, 1.82) is 0 Å². The molecule has 1 atom stereocenters. The Morgan fingerprint density at radius 2 is 1.75 bits per heavy atom. The lowest BCUT2D eigenvalue weighted by atomic mass is 10.0. The van der Waals surface area contributed by atoms with Gasteiger partial charge < -0.3 is 10.6 Å². The summed E-state index contributed by atoms with van der Waals surface area (Å²) in [7, 11) is 0. The van der Waals surface area contributed by atoms with Crippen LogP contribution in [-0.4, -0.2) is 29.7 Å².